The van der Waals surface area contributed by atoms with Crippen molar-refractivity contribution in [2.24, 2.45) is 30.2 Å². The molecule has 2 unspecified atom stereocenters. The number of aromatic nitrogens is 2. The number of likely N-dealkylation sites (tertiary alicyclic amines) is 1. The van der Waals surface area contributed by atoms with Crippen LogP contribution in [0.3, 0.4) is 0 Å². The number of benzene rings is 1. The second-order valence-corrected chi connectivity index (χ2v) is 9.92. The molecule has 7 nitrogen and oxygen atoms in total. The van der Waals surface area contributed by atoms with Gasteiger partial charge in [-0.05, 0) is 55.2 Å². The van der Waals surface area contributed by atoms with Gasteiger partial charge in [0.2, 0.25) is 0 Å². The second kappa shape index (κ2) is 13.0. The van der Waals surface area contributed by atoms with Gasteiger partial charge in [-0.2, -0.15) is 13.2 Å². The lowest BCUT2D eigenvalue weighted by Gasteiger charge is -2.25. The van der Waals surface area contributed by atoms with Crippen LogP contribution in [0, 0.1) is 23.2 Å². The van der Waals surface area contributed by atoms with E-state index in [1.807, 2.05) is 37.7 Å². The van der Waals surface area contributed by atoms with Gasteiger partial charge in [-0.3, -0.25) is 4.79 Å². The van der Waals surface area contributed by atoms with E-state index in [1.165, 1.54) is 31.0 Å². The molecule has 1 aromatic heterocycles. The summed E-state index contributed by atoms with van der Waals surface area (Å²) in [6.07, 6.45) is 3.97. The van der Waals surface area contributed by atoms with Crippen LogP contribution in [-0.4, -0.2) is 60.6 Å². The molecule has 2 aromatic rings. The van der Waals surface area contributed by atoms with Crippen molar-refractivity contribution in [1.82, 2.24) is 19.8 Å². The van der Waals surface area contributed by atoms with Gasteiger partial charge in [0.15, 0.2) is 0 Å². The third kappa shape index (κ3) is 7.50. The molecule has 0 radical (unpaired) electrons. The fraction of sp³-hybridized carbons (Fsp3) is 0.556. The van der Waals surface area contributed by atoms with Crippen LogP contribution >= 0.6 is 0 Å². The number of rotatable bonds is 6. The van der Waals surface area contributed by atoms with E-state index in [2.05, 4.69) is 29.2 Å². The average Bonchev–Trinajstić information content (AvgIpc) is 3.69. The van der Waals surface area contributed by atoms with Crippen molar-refractivity contribution in [2.75, 3.05) is 26.7 Å². The first-order chi connectivity index (χ1) is 17.6. The van der Waals surface area contributed by atoms with Crippen molar-refractivity contribution in [3.05, 3.63) is 53.6 Å². The van der Waals surface area contributed by atoms with E-state index >= 15 is 0 Å². The van der Waals surface area contributed by atoms with E-state index in [0.717, 1.165) is 43.6 Å². The number of alkyl halides is 3. The number of carbonyl (C=O) groups excluding carboxylic acids is 3. The van der Waals surface area contributed by atoms with E-state index in [-0.39, 0.29) is 11.0 Å². The molecule has 37 heavy (non-hydrogen) atoms. The van der Waals surface area contributed by atoms with Crippen LogP contribution < -0.4 is 5.32 Å². The Bertz CT molecular complexity index is 1010. The summed E-state index contributed by atoms with van der Waals surface area (Å²) in [5.74, 6) is 1.30. The van der Waals surface area contributed by atoms with E-state index in [1.54, 1.807) is 0 Å². The molecule has 3 aliphatic rings. The Kier molecular flexibility index (Phi) is 10.6. The van der Waals surface area contributed by atoms with Gasteiger partial charge in [0.1, 0.15) is 13.6 Å². The second-order valence-electron chi connectivity index (χ2n) is 9.92. The number of amides is 1. The fourth-order valence-electron chi connectivity index (χ4n) is 5.45. The zero-order valence-electron chi connectivity index (χ0n) is 21.8. The predicted octanol–water partition coefficient (Wildman–Crippen LogP) is 4.03. The highest BCUT2D eigenvalue weighted by molar-refractivity contribution is 5.95. The zero-order valence-corrected chi connectivity index (χ0v) is 21.8. The SMILES string of the molecule is C=O.C=O.CCc1cn(C)cn1.CN1CC2C(C1)C2(CNC(=O)c1ccccc1C(F)(F)F)CC1CC1. The molecule has 1 aromatic carbocycles. The normalized spacial score (nSPS) is 23.7. The number of fused-ring (bicyclic) bond motifs is 1. The number of imidazole rings is 1. The molecule has 2 saturated carbocycles. The summed E-state index contributed by atoms with van der Waals surface area (Å²) in [6.45, 7) is 8.67. The molecular weight excluding hydrogens is 485 g/mol. The standard InChI is InChI=1S/C19H23F3N2O.C6H10N2.2CH2O/c1-24-9-15-16(10-24)18(15,8-12-6-7-12)11-23-17(25)13-4-2-3-5-14(13)19(20,21)22;1-3-6-4-8(2)5-7-6;2*1-2/h2-5,12,15-16H,6-11H2,1H3,(H,23,25);4-5H,3H2,1-2H3;2*1H2. The van der Waals surface area contributed by atoms with E-state index in [0.29, 0.717) is 18.4 Å². The van der Waals surface area contributed by atoms with Gasteiger partial charge in [-0.15, -0.1) is 0 Å². The van der Waals surface area contributed by atoms with Crippen LogP contribution in [0.4, 0.5) is 13.2 Å². The van der Waals surface area contributed by atoms with Crippen LogP contribution in [0.15, 0.2) is 36.8 Å². The van der Waals surface area contributed by atoms with Gasteiger partial charge in [0.25, 0.3) is 5.91 Å². The first-order valence-corrected chi connectivity index (χ1v) is 12.3. The molecule has 1 N–H and O–H groups in total. The number of hydrogen-bond acceptors (Lipinski definition) is 5. The highest BCUT2D eigenvalue weighted by Crippen LogP contribution is 2.66. The molecule has 5 rings (SSSR count). The highest BCUT2D eigenvalue weighted by Gasteiger charge is 2.67. The highest BCUT2D eigenvalue weighted by atomic mass is 19.4. The molecule has 2 atom stereocenters. The molecule has 0 bridgehead atoms. The Morgan fingerprint density at radius 3 is 2.16 bits per heavy atom. The maximum Gasteiger partial charge on any atom is 0.417 e. The van der Waals surface area contributed by atoms with Crippen LogP contribution in [0.25, 0.3) is 0 Å². The number of hydrogen-bond donors (Lipinski definition) is 1. The summed E-state index contributed by atoms with van der Waals surface area (Å²) < 4.78 is 41.3. The van der Waals surface area contributed by atoms with Crippen LogP contribution in [0.5, 0.6) is 0 Å². The van der Waals surface area contributed by atoms with E-state index in [9.17, 15) is 18.0 Å². The fourth-order valence-corrected chi connectivity index (χ4v) is 5.45. The van der Waals surface area contributed by atoms with Crippen molar-refractivity contribution < 1.29 is 27.6 Å². The quantitative estimate of drug-likeness (QED) is 0.620. The van der Waals surface area contributed by atoms with Crippen molar-refractivity contribution in [3.8, 4) is 0 Å². The first kappa shape index (κ1) is 30.2. The molecule has 3 fully saturated rings. The maximum atomic E-state index is 13.1. The van der Waals surface area contributed by atoms with E-state index in [4.69, 9.17) is 9.59 Å². The molecule has 0 spiro atoms. The average molecular weight is 523 g/mol. The molecule has 2 aliphatic carbocycles. The van der Waals surface area contributed by atoms with Crippen LogP contribution in [-0.2, 0) is 29.2 Å². The maximum absolute atomic E-state index is 13.1. The summed E-state index contributed by atoms with van der Waals surface area (Å²) in [7, 11) is 4.08. The Morgan fingerprint density at radius 2 is 1.70 bits per heavy atom. The monoisotopic (exact) mass is 522 g/mol. The smallest absolute Gasteiger partial charge is 0.351 e. The molecule has 10 heteroatoms. The summed E-state index contributed by atoms with van der Waals surface area (Å²) in [6, 6.07) is 5.02. The summed E-state index contributed by atoms with van der Waals surface area (Å²) in [5.41, 5.74) is 0.128. The molecule has 1 aliphatic heterocycles. The lowest BCUT2D eigenvalue weighted by atomic mass is 9.92. The van der Waals surface area contributed by atoms with Crippen LogP contribution in [0.2, 0.25) is 0 Å². The lowest BCUT2D eigenvalue weighted by molar-refractivity contribution is -0.138. The summed E-state index contributed by atoms with van der Waals surface area (Å²) in [4.78, 5) is 34.9. The topological polar surface area (TPSA) is 84.3 Å². The molecule has 1 amide bonds. The van der Waals surface area contributed by atoms with E-state index < -0.39 is 17.6 Å². The molecule has 204 valence electrons. The third-order valence-corrected chi connectivity index (χ3v) is 7.41. The number of aryl methyl sites for hydroxylation is 2. The van der Waals surface area contributed by atoms with Gasteiger partial charge in [0.05, 0.1) is 23.1 Å². The van der Waals surface area contributed by atoms with Crippen LogP contribution in [0.1, 0.15) is 47.8 Å². The van der Waals surface area contributed by atoms with Crippen molar-refractivity contribution in [1.29, 1.82) is 0 Å². The van der Waals surface area contributed by atoms with Gasteiger partial charge in [0, 0.05) is 32.9 Å². The minimum Gasteiger partial charge on any atom is -0.351 e. The zero-order chi connectivity index (χ0) is 27.8. The first-order valence-electron chi connectivity index (χ1n) is 12.3. The third-order valence-electron chi connectivity index (χ3n) is 7.41. The molecule has 1 saturated heterocycles. The number of nitrogens with one attached hydrogen (secondary N) is 1. The van der Waals surface area contributed by atoms with Gasteiger partial charge >= 0.3 is 6.18 Å². The Labute approximate surface area is 216 Å². The lowest BCUT2D eigenvalue weighted by Crippen LogP contribution is -2.36. The van der Waals surface area contributed by atoms with Gasteiger partial charge in [-0.1, -0.05) is 31.9 Å². The predicted molar refractivity (Wildman–Crippen MR) is 135 cm³/mol. The number of carbonyl (C=O) groups is 3. The Hall–Kier alpha value is -3.01. The minimum absolute atomic E-state index is 0.108. The Balaban J connectivity index is 0.000000338. The van der Waals surface area contributed by atoms with Gasteiger partial charge < -0.3 is 24.4 Å². The number of nitrogens with zero attached hydrogens (tertiary/aromatic N) is 3. The Morgan fingerprint density at radius 1 is 1.11 bits per heavy atom. The van der Waals surface area contributed by atoms with Crippen molar-refractivity contribution in [2.45, 2.75) is 38.8 Å². The van der Waals surface area contributed by atoms with Gasteiger partial charge in [-0.25, -0.2) is 4.98 Å². The van der Waals surface area contributed by atoms with Crippen molar-refractivity contribution >= 4 is 19.5 Å². The minimum atomic E-state index is -4.52. The number of halogens is 3. The summed E-state index contributed by atoms with van der Waals surface area (Å²) >= 11 is 0. The summed E-state index contributed by atoms with van der Waals surface area (Å²) in [5, 5.41) is 2.83. The molecular formula is C27H37F3N4O3. The molecule has 2 heterocycles. The van der Waals surface area contributed by atoms with Crippen molar-refractivity contribution in [3.63, 3.8) is 0 Å². The largest absolute Gasteiger partial charge is 0.417 e. The number of piperidine rings is 1.